The molecule has 0 saturated carbocycles. The topological polar surface area (TPSA) is 93.5 Å². The van der Waals surface area contributed by atoms with Gasteiger partial charge in [0.2, 0.25) is 11.8 Å². The summed E-state index contributed by atoms with van der Waals surface area (Å²) in [5.74, 6) is -0.0887. The maximum atomic E-state index is 12.2. The summed E-state index contributed by atoms with van der Waals surface area (Å²) in [6, 6.07) is 5.65. The molecular weight excluding hydrogens is 282 g/mol. The Labute approximate surface area is 129 Å². The largest absolute Gasteiger partial charge is 0.364 e. The van der Waals surface area contributed by atoms with Gasteiger partial charge in [-0.3, -0.25) is 9.59 Å². The summed E-state index contributed by atoms with van der Waals surface area (Å²) in [7, 11) is 0. The Kier molecular flexibility index (Phi) is 4.13. The lowest BCUT2D eigenvalue weighted by Gasteiger charge is -2.18. The van der Waals surface area contributed by atoms with E-state index in [1.54, 1.807) is 0 Å². The van der Waals surface area contributed by atoms with Crippen LogP contribution < -0.4 is 16.4 Å². The molecule has 4 N–H and O–H groups in total. The van der Waals surface area contributed by atoms with Crippen molar-refractivity contribution in [2.24, 2.45) is 5.73 Å². The molecular formula is C16H21N3O3. The third-order valence-electron chi connectivity index (χ3n) is 4.28. The predicted molar refractivity (Wildman–Crippen MR) is 82.3 cm³/mol. The van der Waals surface area contributed by atoms with E-state index in [-0.39, 0.29) is 24.0 Å². The fourth-order valence-corrected chi connectivity index (χ4v) is 2.98. The third kappa shape index (κ3) is 2.98. The van der Waals surface area contributed by atoms with Crippen molar-refractivity contribution in [2.45, 2.75) is 44.4 Å². The molecule has 6 nitrogen and oxygen atoms in total. The highest BCUT2D eigenvalue weighted by molar-refractivity contribution is 5.99. The summed E-state index contributed by atoms with van der Waals surface area (Å²) in [4.78, 5) is 23.6. The van der Waals surface area contributed by atoms with Crippen LogP contribution in [0.5, 0.6) is 0 Å². The van der Waals surface area contributed by atoms with Crippen molar-refractivity contribution in [1.29, 1.82) is 0 Å². The number of ether oxygens (including phenoxy) is 1. The number of hydrogen-bond donors (Lipinski definition) is 3. The zero-order chi connectivity index (χ0) is 15.7. The molecule has 1 fully saturated rings. The summed E-state index contributed by atoms with van der Waals surface area (Å²) >= 11 is 0. The average molecular weight is 303 g/mol. The van der Waals surface area contributed by atoms with Gasteiger partial charge in [-0.1, -0.05) is 12.1 Å². The smallest absolute Gasteiger partial charge is 0.249 e. The summed E-state index contributed by atoms with van der Waals surface area (Å²) in [5, 5.41) is 5.78. The first-order valence-corrected chi connectivity index (χ1v) is 7.65. The molecule has 1 saturated heterocycles. The van der Waals surface area contributed by atoms with E-state index in [1.807, 2.05) is 25.1 Å². The minimum Gasteiger partial charge on any atom is -0.364 e. The molecule has 3 atom stereocenters. The molecule has 0 bridgehead atoms. The first kappa shape index (κ1) is 15.0. The Hall–Kier alpha value is -1.92. The van der Waals surface area contributed by atoms with E-state index in [4.69, 9.17) is 10.5 Å². The molecule has 1 unspecified atom stereocenters. The highest BCUT2D eigenvalue weighted by Crippen LogP contribution is 2.27. The van der Waals surface area contributed by atoms with Crippen LogP contribution in [0.4, 0.5) is 5.69 Å². The minimum absolute atomic E-state index is 0.0102. The zero-order valence-corrected chi connectivity index (χ0v) is 12.6. The number of anilines is 1. The summed E-state index contributed by atoms with van der Waals surface area (Å²) in [6.45, 7) is 2.38. The second-order valence-electron chi connectivity index (χ2n) is 5.93. The number of rotatable bonds is 4. The van der Waals surface area contributed by atoms with Crippen molar-refractivity contribution < 1.29 is 14.3 Å². The van der Waals surface area contributed by atoms with Gasteiger partial charge in [-0.15, -0.1) is 0 Å². The van der Waals surface area contributed by atoms with Crippen molar-refractivity contribution in [1.82, 2.24) is 5.32 Å². The zero-order valence-electron chi connectivity index (χ0n) is 12.6. The molecule has 1 aromatic carbocycles. The maximum Gasteiger partial charge on any atom is 0.249 e. The van der Waals surface area contributed by atoms with Crippen molar-refractivity contribution in [3.63, 3.8) is 0 Å². The Morgan fingerprint density at radius 3 is 3.05 bits per heavy atom. The molecule has 0 radical (unpaired) electrons. The van der Waals surface area contributed by atoms with Gasteiger partial charge in [-0.05, 0) is 37.0 Å². The average Bonchev–Trinajstić information content (AvgIpc) is 3.11. The van der Waals surface area contributed by atoms with Gasteiger partial charge >= 0.3 is 0 Å². The molecule has 1 aromatic rings. The van der Waals surface area contributed by atoms with Crippen LogP contribution in [0.2, 0.25) is 0 Å². The number of benzene rings is 1. The maximum absolute atomic E-state index is 12.2. The van der Waals surface area contributed by atoms with Crippen LogP contribution >= 0.6 is 0 Å². The highest BCUT2D eigenvalue weighted by Gasteiger charge is 2.30. The van der Waals surface area contributed by atoms with Gasteiger partial charge in [0.1, 0.15) is 6.10 Å². The molecule has 2 aliphatic rings. The first-order chi connectivity index (χ1) is 10.6. The van der Waals surface area contributed by atoms with Crippen LogP contribution in [0.15, 0.2) is 18.2 Å². The van der Waals surface area contributed by atoms with Crippen LogP contribution in [0.3, 0.4) is 0 Å². The first-order valence-electron chi connectivity index (χ1n) is 7.65. The van der Waals surface area contributed by atoms with Crippen LogP contribution in [-0.2, 0) is 20.7 Å². The lowest BCUT2D eigenvalue weighted by atomic mass is 10.0. The molecule has 2 amide bonds. The number of carbonyl (C=O) groups is 2. The van der Waals surface area contributed by atoms with Crippen molar-refractivity contribution >= 4 is 17.5 Å². The van der Waals surface area contributed by atoms with Gasteiger partial charge in [0.25, 0.3) is 0 Å². The van der Waals surface area contributed by atoms with Gasteiger partial charge < -0.3 is 21.1 Å². The highest BCUT2D eigenvalue weighted by atomic mass is 16.5. The predicted octanol–water partition coefficient (Wildman–Crippen LogP) is 0.865. The van der Waals surface area contributed by atoms with Crippen LogP contribution in [0.1, 0.15) is 36.9 Å². The second-order valence-corrected chi connectivity index (χ2v) is 5.93. The Morgan fingerprint density at radius 2 is 2.32 bits per heavy atom. The van der Waals surface area contributed by atoms with E-state index in [2.05, 4.69) is 10.6 Å². The fraction of sp³-hybridized carbons (Fsp3) is 0.500. The van der Waals surface area contributed by atoms with E-state index in [0.717, 1.165) is 23.2 Å². The van der Waals surface area contributed by atoms with Crippen molar-refractivity contribution in [3.05, 3.63) is 29.3 Å². The summed E-state index contributed by atoms with van der Waals surface area (Å²) in [6.07, 6.45) is 1.52. The second kappa shape index (κ2) is 6.06. The van der Waals surface area contributed by atoms with E-state index in [9.17, 15) is 9.59 Å². The molecule has 6 heteroatoms. The number of fused-ring (bicyclic) bond motifs is 1. The van der Waals surface area contributed by atoms with Crippen molar-refractivity contribution in [2.75, 3.05) is 11.9 Å². The van der Waals surface area contributed by atoms with Crippen LogP contribution in [-0.4, -0.2) is 30.6 Å². The van der Waals surface area contributed by atoms with Crippen LogP contribution in [0.25, 0.3) is 0 Å². The van der Waals surface area contributed by atoms with Crippen LogP contribution in [0, 0.1) is 0 Å². The van der Waals surface area contributed by atoms with Crippen molar-refractivity contribution in [3.8, 4) is 0 Å². The Balaban J connectivity index is 1.63. The monoisotopic (exact) mass is 303 g/mol. The van der Waals surface area contributed by atoms with Gasteiger partial charge in [0.05, 0.1) is 18.6 Å². The summed E-state index contributed by atoms with van der Waals surface area (Å²) < 4.78 is 5.61. The van der Waals surface area contributed by atoms with Gasteiger partial charge in [0, 0.05) is 12.2 Å². The number of amides is 2. The van der Waals surface area contributed by atoms with Gasteiger partial charge in [-0.25, -0.2) is 0 Å². The normalized spacial score (nSPS) is 24.7. The summed E-state index contributed by atoms with van der Waals surface area (Å²) in [5.41, 5.74) is 8.38. The van der Waals surface area contributed by atoms with E-state index in [0.29, 0.717) is 19.4 Å². The fourth-order valence-electron chi connectivity index (χ4n) is 2.98. The van der Waals surface area contributed by atoms with Gasteiger partial charge in [-0.2, -0.15) is 0 Å². The quantitative estimate of drug-likeness (QED) is 0.769. The molecule has 0 aliphatic carbocycles. The molecule has 2 heterocycles. The molecule has 3 rings (SSSR count). The van der Waals surface area contributed by atoms with Gasteiger partial charge in [0.15, 0.2) is 0 Å². The Bertz CT molecular complexity index is 602. The van der Waals surface area contributed by atoms with E-state index >= 15 is 0 Å². The third-order valence-corrected chi connectivity index (χ3v) is 4.28. The molecule has 0 aromatic heterocycles. The minimum atomic E-state index is -0.409. The molecule has 2 aliphatic heterocycles. The molecule has 118 valence electrons. The van der Waals surface area contributed by atoms with E-state index in [1.165, 1.54) is 0 Å². The lowest BCUT2D eigenvalue weighted by molar-refractivity contribution is -0.132. The SMILES string of the molecule is CC(NC(=O)[C@@H]1CC[C@H](CN)O1)c1ccc2c(c1)CC(=O)N2. The van der Waals surface area contributed by atoms with E-state index < -0.39 is 6.10 Å². The lowest BCUT2D eigenvalue weighted by Crippen LogP contribution is -2.37. The number of nitrogens with one attached hydrogen (secondary N) is 2. The standard InChI is InChI=1S/C16H21N3O3/c1-9(18-16(21)14-5-3-12(8-17)22-14)10-2-4-13-11(6-10)7-15(20)19-13/h2,4,6,9,12,14H,3,5,7-8,17H2,1H3,(H,18,21)(H,19,20)/t9?,12-,14+/m1/s1. The molecule has 0 spiro atoms. The Morgan fingerprint density at radius 1 is 1.50 bits per heavy atom. The molecule has 22 heavy (non-hydrogen) atoms. The number of carbonyl (C=O) groups excluding carboxylic acids is 2. The number of hydrogen-bond acceptors (Lipinski definition) is 4. The number of nitrogens with two attached hydrogens (primary N) is 1.